The van der Waals surface area contributed by atoms with Gasteiger partial charge in [0.05, 0.1) is 12.0 Å². The van der Waals surface area contributed by atoms with E-state index in [-0.39, 0.29) is 18.1 Å². The summed E-state index contributed by atoms with van der Waals surface area (Å²) in [7, 11) is 0. The lowest BCUT2D eigenvalue weighted by Gasteiger charge is -2.06. The topological polar surface area (TPSA) is 98.2 Å². The number of rotatable bonds is 5. The van der Waals surface area contributed by atoms with Gasteiger partial charge in [-0.25, -0.2) is 4.39 Å². The van der Waals surface area contributed by atoms with Gasteiger partial charge in [0.2, 0.25) is 5.91 Å². The van der Waals surface area contributed by atoms with E-state index >= 15 is 0 Å². The number of aromatic nitrogens is 5. The average Bonchev–Trinajstić information content (AvgIpc) is 3.30. The van der Waals surface area contributed by atoms with Crippen molar-refractivity contribution < 1.29 is 13.7 Å². The van der Waals surface area contributed by atoms with Crippen LogP contribution in [0.3, 0.4) is 0 Å². The van der Waals surface area contributed by atoms with Crippen LogP contribution >= 0.6 is 0 Å². The molecule has 0 saturated heterocycles. The zero-order chi connectivity index (χ0) is 20.0. The number of halogens is 1. The third-order valence-corrected chi connectivity index (χ3v) is 4.88. The van der Waals surface area contributed by atoms with Crippen molar-refractivity contribution in [1.29, 1.82) is 0 Å². The molecule has 1 aliphatic carbocycles. The molecule has 1 amide bonds. The third-order valence-electron chi connectivity index (χ3n) is 4.88. The summed E-state index contributed by atoms with van der Waals surface area (Å²) in [6.07, 6.45) is 3.96. The lowest BCUT2D eigenvalue weighted by molar-refractivity contribution is -0.115. The number of fused-ring (bicyclic) bond motifs is 1. The smallest absolute Gasteiger partial charge is 0.261 e. The van der Waals surface area contributed by atoms with Gasteiger partial charge in [-0.15, -0.1) is 10.2 Å². The van der Waals surface area contributed by atoms with E-state index in [1.54, 1.807) is 23.6 Å². The first-order valence-corrected chi connectivity index (χ1v) is 9.31. The summed E-state index contributed by atoms with van der Waals surface area (Å²) < 4.78 is 20.5. The Balaban J connectivity index is 1.39. The van der Waals surface area contributed by atoms with Crippen LogP contribution in [0.1, 0.15) is 36.0 Å². The number of anilines is 1. The van der Waals surface area contributed by atoms with E-state index in [1.807, 2.05) is 12.1 Å². The van der Waals surface area contributed by atoms with Gasteiger partial charge in [0.1, 0.15) is 11.6 Å². The molecule has 1 aromatic carbocycles. The maximum atomic E-state index is 13.4. The molecule has 0 unspecified atom stereocenters. The fourth-order valence-electron chi connectivity index (χ4n) is 3.17. The molecule has 0 radical (unpaired) electrons. The molecular weight excluding hydrogens is 375 g/mol. The second kappa shape index (κ2) is 6.77. The predicted octanol–water partition coefficient (Wildman–Crippen LogP) is 3.29. The molecule has 0 spiro atoms. The van der Waals surface area contributed by atoms with Gasteiger partial charge in [-0.3, -0.25) is 9.20 Å². The van der Waals surface area contributed by atoms with Gasteiger partial charge in [0.25, 0.3) is 5.89 Å². The number of hydrogen-bond acceptors (Lipinski definition) is 6. The van der Waals surface area contributed by atoms with E-state index < -0.39 is 0 Å². The summed E-state index contributed by atoms with van der Waals surface area (Å²) >= 11 is 0. The first-order chi connectivity index (χ1) is 14.1. The standard InChI is InChI=1S/C20H17FN6O2/c1-11-9-13(6-7-15(11)21)22-17(28)10-16-24-25-19-14(3-2-8-27(16)19)20-23-18(26-29-20)12-4-5-12/h2-3,6-9,12H,4-5,10H2,1H3,(H,22,28). The largest absolute Gasteiger partial charge is 0.334 e. The van der Waals surface area contributed by atoms with Gasteiger partial charge in [-0.1, -0.05) is 5.16 Å². The van der Waals surface area contributed by atoms with Crippen molar-refractivity contribution in [3.8, 4) is 11.5 Å². The fraction of sp³-hybridized carbons (Fsp3) is 0.250. The summed E-state index contributed by atoms with van der Waals surface area (Å²) in [5.41, 5.74) is 2.20. The molecule has 0 bridgehead atoms. The predicted molar refractivity (Wildman–Crippen MR) is 102 cm³/mol. The first-order valence-electron chi connectivity index (χ1n) is 9.31. The van der Waals surface area contributed by atoms with Crippen molar-refractivity contribution in [3.63, 3.8) is 0 Å². The zero-order valence-corrected chi connectivity index (χ0v) is 15.6. The Hall–Kier alpha value is -3.62. The van der Waals surface area contributed by atoms with Crippen LogP contribution in [0.5, 0.6) is 0 Å². The van der Waals surface area contributed by atoms with Crippen LogP contribution in [0.2, 0.25) is 0 Å². The Morgan fingerprint density at radius 1 is 1.31 bits per heavy atom. The summed E-state index contributed by atoms with van der Waals surface area (Å²) in [5, 5.41) is 15.2. The van der Waals surface area contributed by atoms with E-state index in [2.05, 4.69) is 25.7 Å². The number of nitrogens with zero attached hydrogens (tertiary/aromatic N) is 5. The normalized spacial score (nSPS) is 13.7. The van der Waals surface area contributed by atoms with Crippen molar-refractivity contribution in [3.05, 3.63) is 59.6 Å². The summed E-state index contributed by atoms with van der Waals surface area (Å²) in [5.74, 6) is 1.38. The Morgan fingerprint density at radius 3 is 2.97 bits per heavy atom. The van der Waals surface area contributed by atoms with Gasteiger partial charge in [-0.05, 0) is 55.7 Å². The van der Waals surface area contributed by atoms with E-state index in [9.17, 15) is 9.18 Å². The second-order valence-corrected chi connectivity index (χ2v) is 7.15. The van der Waals surface area contributed by atoms with Crippen LogP contribution in [-0.2, 0) is 11.2 Å². The lowest BCUT2D eigenvalue weighted by atomic mass is 10.2. The molecule has 146 valence electrons. The Morgan fingerprint density at radius 2 is 2.17 bits per heavy atom. The minimum absolute atomic E-state index is 0.0121. The monoisotopic (exact) mass is 392 g/mol. The van der Waals surface area contributed by atoms with E-state index in [0.29, 0.717) is 40.1 Å². The quantitative estimate of drug-likeness (QED) is 0.560. The van der Waals surface area contributed by atoms with Crippen LogP contribution in [0.25, 0.3) is 17.1 Å². The Labute approximate surface area is 164 Å². The highest BCUT2D eigenvalue weighted by Crippen LogP contribution is 2.39. The average molecular weight is 392 g/mol. The molecule has 0 atom stereocenters. The molecule has 3 aromatic heterocycles. The summed E-state index contributed by atoms with van der Waals surface area (Å²) in [6.45, 7) is 1.64. The molecule has 9 heteroatoms. The van der Waals surface area contributed by atoms with Crippen molar-refractivity contribution in [2.75, 3.05) is 5.32 Å². The molecule has 8 nitrogen and oxygen atoms in total. The molecule has 0 aliphatic heterocycles. The molecule has 1 saturated carbocycles. The second-order valence-electron chi connectivity index (χ2n) is 7.15. The molecule has 29 heavy (non-hydrogen) atoms. The number of aryl methyl sites for hydroxylation is 1. The number of pyridine rings is 1. The number of carbonyl (C=O) groups excluding carboxylic acids is 1. The Bertz CT molecular complexity index is 1230. The van der Waals surface area contributed by atoms with Crippen molar-refractivity contribution in [2.45, 2.75) is 32.1 Å². The number of amides is 1. The SMILES string of the molecule is Cc1cc(NC(=O)Cc2nnc3c(-c4nc(C5CC5)no4)cccn23)ccc1F. The molecule has 5 rings (SSSR count). The fourth-order valence-corrected chi connectivity index (χ4v) is 3.17. The number of hydrogen-bond donors (Lipinski definition) is 1. The van der Waals surface area contributed by atoms with Gasteiger partial charge in [0, 0.05) is 17.8 Å². The first kappa shape index (κ1) is 17.5. The zero-order valence-electron chi connectivity index (χ0n) is 15.6. The van der Waals surface area contributed by atoms with Crippen LogP contribution < -0.4 is 5.32 Å². The van der Waals surface area contributed by atoms with E-state index in [4.69, 9.17) is 4.52 Å². The lowest BCUT2D eigenvalue weighted by Crippen LogP contribution is -2.16. The van der Waals surface area contributed by atoms with Gasteiger partial charge >= 0.3 is 0 Å². The number of benzene rings is 1. The van der Waals surface area contributed by atoms with Crippen LogP contribution in [0.15, 0.2) is 41.1 Å². The summed E-state index contributed by atoms with van der Waals surface area (Å²) in [4.78, 5) is 16.9. The molecule has 4 aromatic rings. The van der Waals surface area contributed by atoms with Crippen molar-refractivity contribution >= 4 is 17.2 Å². The molecule has 1 N–H and O–H groups in total. The van der Waals surface area contributed by atoms with Gasteiger partial charge in [0.15, 0.2) is 11.5 Å². The molecule has 1 fully saturated rings. The molecule has 3 heterocycles. The summed E-state index contributed by atoms with van der Waals surface area (Å²) in [6, 6.07) is 8.08. The van der Waals surface area contributed by atoms with E-state index in [0.717, 1.165) is 18.7 Å². The number of carbonyl (C=O) groups is 1. The highest BCUT2D eigenvalue weighted by Gasteiger charge is 2.29. The minimum Gasteiger partial charge on any atom is -0.334 e. The van der Waals surface area contributed by atoms with Gasteiger partial charge < -0.3 is 9.84 Å². The highest BCUT2D eigenvalue weighted by molar-refractivity contribution is 5.92. The van der Waals surface area contributed by atoms with Crippen LogP contribution in [0, 0.1) is 12.7 Å². The van der Waals surface area contributed by atoms with Crippen LogP contribution in [0.4, 0.5) is 10.1 Å². The maximum absolute atomic E-state index is 13.4. The van der Waals surface area contributed by atoms with Crippen molar-refractivity contribution in [2.24, 2.45) is 0 Å². The van der Waals surface area contributed by atoms with Gasteiger partial charge in [-0.2, -0.15) is 4.98 Å². The molecule has 1 aliphatic rings. The van der Waals surface area contributed by atoms with Crippen molar-refractivity contribution in [1.82, 2.24) is 24.7 Å². The highest BCUT2D eigenvalue weighted by atomic mass is 19.1. The third kappa shape index (κ3) is 3.35. The molecular formula is C20H17FN6O2. The number of nitrogens with one attached hydrogen (secondary N) is 1. The van der Waals surface area contributed by atoms with E-state index in [1.165, 1.54) is 12.1 Å². The maximum Gasteiger partial charge on any atom is 0.261 e. The Kier molecular flexibility index (Phi) is 4.08. The minimum atomic E-state index is -0.315. The van der Waals surface area contributed by atoms with Crippen LogP contribution in [-0.4, -0.2) is 30.6 Å².